The molecule has 1 aromatic carbocycles. The van der Waals surface area contributed by atoms with Gasteiger partial charge in [-0.1, -0.05) is 24.3 Å². The molecule has 20 heavy (non-hydrogen) atoms. The molecule has 0 amide bonds. The van der Waals surface area contributed by atoms with Crippen LogP contribution < -0.4 is 16.6 Å². The molecule has 1 aliphatic rings. The number of hydrogen-bond acceptors (Lipinski definition) is 3. The molecule has 1 unspecified atom stereocenters. The van der Waals surface area contributed by atoms with Crippen molar-refractivity contribution in [2.45, 2.75) is 31.8 Å². The summed E-state index contributed by atoms with van der Waals surface area (Å²) >= 11 is 0. The van der Waals surface area contributed by atoms with Crippen LogP contribution in [0.4, 0.5) is 0 Å². The van der Waals surface area contributed by atoms with Gasteiger partial charge in [0.05, 0.1) is 0 Å². The molecule has 5 heteroatoms. The molecule has 0 saturated heterocycles. The molecule has 0 radical (unpaired) electrons. The highest BCUT2D eigenvalue weighted by Crippen LogP contribution is 2.29. The second kappa shape index (κ2) is 5.46. The Labute approximate surface area is 116 Å². The van der Waals surface area contributed by atoms with Crippen molar-refractivity contribution in [2.75, 3.05) is 0 Å². The summed E-state index contributed by atoms with van der Waals surface area (Å²) in [5.41, 5.74) is 2.45. The molecule has 104 valence electrons. The minimum absolute atomic E-state index is 0.270. The number of benzene rings is 1. The Morgan fingerprint density at radius 3 is 2.95 bits per heavy atom. The van der Waals surface area contributed by atoms with E-state index >= 15 is 0 Å². The number of aryl methyl sites for hydroxylation is 1. The van der Waals surface area contributed by atoms with Gasteiger partial charge in [-0.25, -0.2) is 4.79 Å². The fourth-order valence-electron chi connectivity index (χ4n) is 2.77. The Balaban J connectivity index is 1.76. The molecule has 1 atom stereocenters. The largest absolute Gasteiger partial charge is 0.325 e. The monoisotopic (exact) mass is 271 g/mol. The van der Waals surface area contributed by atoms with Crippen molar-refractivity contribution < 1.29 is 0 Å². The van der Waals surface area contributed by atoms with E-state index in [1.165, 1.54) is 17.3 Å². The van der Waals surface area contributed by atoms with Crippen LogP contribution in [0.2, 0.25) is 0 Å². The third-order valence-corrected chi connectivity index (χ3v) is 3.80. The van der Waals surface area contributed by atoms with E-state index in [0.717, 1.165) is 19.3 Å². The van der Waals surface area contributed by atoms with E-state index in [2.05, 4.69) is 33.5 Å². The van der Waals surface area contributed by atoms with Crippen LogP contribution in [-0.2, 0) is 13.0 Å². The van der Waals surface area contributed by atoms with E-state index < -0.39 is 5.69 Å². The van der Waals surface area contributed by atoms with Gasteiger partial charge >= 0.3 is 5.69 Å². The Kier molecular flexibility index (Phi) is 3.52. The summed E-state index contributed by atoms with van der Waals surface area (Å²) in [4.78, 5) is 27.4. The topological polar surface area (TPSA) is 77.8 Å². The predicted molar refractivity (Wildman–Crippen MR) is 76.6 cm³/mol. The van der Waals surface area contributed by atoms with Crippen LogP contribution in [0.1, 0.15) is 35.6 Å². The maximum atomic E-state index is 11.6. The van der Waals surface area contributed by atoms with Gasteiger partial charge in [0.2, 0.25) is 0 Å². The maximum absolute atomic E-state index is 11.6. The molecule has 0 bridgehead atoms. The molecule has 3 rings (SSSR count). The van der Waals surface area contributed by atoms with Gasteiger partial charge in [0.25, 0.3) is 5.56 Å². The maximum Gasteiger partial charge on any atom is 0.325 e. The second-order valence-electron chi connectivity index (χ2n) is 5.12. The smallest absolute Gasteiger partial charge is 0.314 e. The van der Waals surface area contributed by atoms with Gasteiger partial charge in [-0.3, -0.25) is 9.78 Å². The lowest BCUT2D eigenvalue weighted by Crippen LogP contribution is -2.30. The van der Waals surface area contributed by atoms with E-state index in [0.29, 0.717) is 12.1 Å². The zero-order valence-electron chi connectivity index (χ0n) is 11.1. The van der Waals surface area contributed by atoms with Crippen LogP contribution in [0.3, 0.4) is 0 Å². The third kappa shape index (κ3) is 2.58. The summed E-state index contributed by atoms with van der Waals surface area (Å²) in [7, 11) is 0. The minimum atomic E-state index is -0.471. The first-order valence-corrected chi connectivity index (χ1v) is 6.86. The standard InChI is InChI=1S/C15H17N3O2/c19-14-11(9-17-15(20)18-14)8-16-13-7-3-5-10-4-1-2-6-12(10)13/h1-2,4,6,9,13,16H,3,5,7-8H2,(H2,17,18,19,20). The molecular formula is C15H17N3O2. The van der Waals surface area contributed by atoms with Crippen molar-refractivity contribution in [3.8, 4) is 0 Å². The van der Waals surface area contributed by atoms with Crippen LogP contribution in [0.5, 0.6) is 0 Å². The van der Waals surface area contributed by atoms with E-state index in [1.807, 2.05) is 6.07 Å². The summed E-state index contributed by atoms with van der Waals surface area (Å²) in [6, 6.07) is 8.69. The highest BCUT2D eigenvalue weighted by Gasteiger charge is 2.19. The number of fused-ring (bicyclic) bond motifs is 1. The number of hydrogen-bond donors (Lipinski definition) is 3. The number of rotatable bonds is 3. The van der Waals surface area contributed by atoms with Gasteiger partial charge in [0.1, 0.15) is 0 Å². The highest BCUT2D eigenvalue weighted by atomic mass is 16.2. The van der Waals surface area contributed by atoms with E-state index in [-0.39, 0.29) is 11.6 Å². The minimum Gasteiger partial charge on any atom is -0.314 e. The van der Waals surface area contributed by atoms with Crippen molar-refractivity contribution in [3.05, 3.63) is 68.0 Å². The van der Waals surface area contributed by atoms with E-state index in [1.54, 1.807) is 0 Å². The van der Waals surface area contributed by atoms with Crippen molar-refractivity contribution >= 4 is 0 Å². The normalized spacial score (nSPS) is 17.7. The Bertz CT molecular complexity index is 717. The van der Waals surface area contributed by atoms with Gasteiger partial charge < -0.3 is 10.3 Å². The van der Waals surface area contributed by atoms with Crippen LogP contribution in [-0.4, -0.2) is 9.97 Å². The molecule has 5 nitrogen and oxygen atoms in total. The first kappa shape index (κ1) is 12.9. The Morgan fingerprint density at radius 1 is 1.25 bits per heavy atom. The van der Waals surface area contributed by atoms with Crippen molar-refractivity contribution in [1.82, 2.24) is 15.3 Å². The molecular weight excluding hydrogens is 254 g/mol. The molecule has 1 aliphatic carbocycles. The fraction of sp³-hybridized carbons (Fsp3) is 0.333. The summed E-state index contributed by atoms with van der Waals surface area (Å²) in [5.74, 6) is 0. The van der Waals surface area contributed by atoms with Crippen LogP contribution in [0, 0.1) is 0 Å². The Morgan fingerprint density at radius 2 is 2.10 bits per heavy atom. The van der Waals surface area contributed by atoms with Crippen LogP contribution in [0.25, 0.3) is 0 Å². The SMILES string of the molecule is O=c1[nH]cc(CNC2CCCc3ccccc32)c(=O)[nH]1. The lowest BCUT2D eigenvalue weighted by molar-refractivity contribution is 0.457. The molecule has 1 aromatic heterocycles. The number of H-pyrrole nitrogens is 2. The molecule has 0 spiro atoms. The predicted octanol–water partition coefficient (Wildman–Crippen LogP) is 1.23. The van der Waals surface area contributed by atoms with Gasteiger partial charge in [-0.05, 0) is 30.4 Å². The van der Waals surface area contributed by atoms with Gasteiger partial charge in [0.15, 0.2) is 0 Å². The average molecular weight is 271 g/mol. The van der Waals surface area contributed by atoms with Crippen LogP contribution >= 0.6 is 0 Å². The third-order valence-electron chi connectivity index (χ3n) is 3.80. The second-order valence-corrected chi connectivity index (χ2v) is 5.12. The lowest BCUT2D eigenvalue weighted by atomic mass is 9.88. The summed E-state index contributed by atoms with van der Waals surface area (Å²) in [6.07, 6.45) is 4.81. The van der Waals surface area contributed by atoms with Gasteiger partial charge in [-0.2, -0.15) is 0 Å². The highest BCUT2D eigenvalue weighted by molar-refractivity contribution is 5.32. The van der Waals surface area contributed by atoms with Crippen molar-refractivity contribution in [3.63, 3.8) is 0 Å². The van der Waals surface area contributed by atoms with E-state index in [9.17, 15) is 9.59 Å². The van der Waals surface area contributed by atoms with E-state index in [4.69, 9.17) is 0 Å². The zero-order chi connectivity index (χ0) is 13.9. The fourth-order valence-corrected chi connectivity index (χ4v) is 2.77. The molecule has 1 heterocycles. The quantitative estimate of drug-likeness (QED) is 0.785. The Hall–Kier alpha value is -2.14. The summed E-state index contributed by atoms with van der Waals surface area (Å²) in [6.45, 7) is 0.450. The molecule has 0 aliphatic heterocycles. The molecule has 0 fully saturated rings. The van der Waals surface area contributed by atoms with Gasteiger partial charge in [-0.15, -0.1) is 0 Å². The summed E-state index contributed by atoms with van der Waals surface area (Å²) in [5, 5.41) is 3.41. The number of aromatic nitrogens is 2. The molecule has 2 aromatic rings. The van der Waals surface area contributed by atoms with Crippen molar-refractivity contribution in [1.29, 1.82) is 0 Å². The number of nitrogens with one attached hydrogen (secondary N) is 3. The van der Waals surface area contributed by atoms with Crippen LogP contribution in [0.15, 0.2) is 40.1 Å². The molecule has 0 saturated carbocycles. The molecule has 3 N–H and O–H groups in total. The summed E-state index contributed by atoms with van der Waals surface area (Å²) < 4.78 is 0. The average Bonchev–Trinajstić information content (AvgIpc) is 2.46. The van der Waals surface area contributed by atoms with Gasteiger partial charge in [0, 0.05) is 24.3 Å². The van der Waals surface area contributed by atoms with Crippen molar-refractivity contribution in [2.24, 2.45) is 0 Å². The lowest BCUT2D eigenvalue weighted by Gasteiger charge is -2.26. The number of aromatic amines is 2. The first-order valence-electron chi connectivity index (χ1n) is 6.86. The first-order chi connectivity index (χ1) is 9.74. The zero-order valence-corrected chi connectivity index (χ0v) is 11.1.